The lowest BCUT2D eigenvalue weighted by Crippen LogP contribution is -2.38. The highest BCUT2D eigenvalue weighted by molar-refractivity contribution is 5.80. The van der Waals surface area contributed by atoms with Crippen molar-refractivity contribution < 1.29 is 27.5 Å². The van der Waals surface area contributed by atoms with Gasteiger partial charge >= 0.3 is 6.18 Å². The Morgan fingerprint density at radius 3 is 2.48 bits per heavy atom. The average molecular weight is 358 g/mol. The molecule has 25 heavy (non-hydrogen) atoms. The number of carbonyl (C=O) groups is 2. The van der Waals surface area contributed by atoms with Gasteiger partial charge in [-0.2, -0.15) is 13.2 Å². The minimum atomic E-state index is -4.55. The predicted molar refractivity (Wildman–Crippen MR) is 85.0 cm³/mol. The zero-order valence-electron chi connectivity index (χ0n) is 13.8. The van der Waals surface area contributed by atoms with E-state index in [-0.39, 0.29) is 18.9 Å². The monoisotopic (exact) mass is 358 g/mol. The highest BCUT2D eigenvalue weighted by Gasteiger charge is 2.34. The van der Waals surface area contributed by atoms with Gasteiger partial charge in [-0.05, 0) is 31.4 Å². The lowest BCUT2D eigenvalue weighted by Gasteiger charge is -2.26. The van der Waals surface area contributed by atoms with E-state index in [2.05, 4.69) is 5.32 Å². The fourth-order valence-corrected chi connectivity index (χ4v) is 2.63. The van der Waals surface area contributed by atoms with E-state index in [1.54, 1.807) is 4.90 Å². The third kappa shape index (κ3) is 5.95. The SMILES string of the molecule is O=C(COc1ccccc1C(F)(F)F)NCCC(=O)N1CCCCC1. The molecule has 1 aliphatic rings. The summed E-state index contributed by atoms with van der Waals surface area (Å²) in [5.74, 6) is -0.985. The van der Waals surface area contributed by atoms with Gasteiger partial charge in [-0.1, -0.05) is 12.1 Å². The summed E-state index contributed by atoms with van der Waals surface area (Å²) in [6.07, 6.45) is -1.27. The lowest BCUT2D eigenvalue weighted by molar-refractivity contribution is -0.140. The minimum absolute atomic E-state index is 0.0247. The van der Waals surface area contributed by atoms with Crippen LogP contribution in [0.4, 0.5) is 13.2 Å². The van der Waals surface area contributed by atoms with Crippen LogP contribution in [0.15, 0.2) is 24.3 Å². The van der Waals surface area contributed by atoms with E-state index < -0.39 is 30.0 Å². The van der Waals surface area contributed by atoms with Crippen LogP contribution in [0.5, 0.6) is 5.75 Å². The van der Waals surface area contributed by atoms with Crippen molar-refractivity contribution >= 4 is 11.8 Å². The van der Waals surface area contributed by atoms with E-state index in [1.807, 2.05) is 0 Å². The molecule has 8 heteroatoms. The van der Waals surface area contributed by atoms with Crippen molar-refractivity contribution in [2.24, 2.45) is 0 Å². The van der Waals surface area contributed by atoms with Crippen molar-refractivity contribution in [3.63, 3.8) is 0 Å². The van der Waals surface area contributed by atoms with E-state index >= 15 is 0 Å². The molecule has 138 valence electrons. The molecule has 0 bridgehead atoms. The number of nitrogens with zero attached hydrogens (tertiary/aromatic N) is 1. The average Bonchev–Trinajstić information content (AvgIpc) is 2.60. The fraction of sp³-hybridized carbons (Fsp3) is 0.529. The molecule has 0 unspecified atom stereocenters. The van der Waals surface area contributed by atoms with Gasteiger partial charge in [-0.3, -0.25) is 9.59 Å². The Morgan fingerprint density at radius 2 is 1.80 bits per heavy atom. The molecule has 1 saturated heterocycles. The molecule has 0 radical (unpaired) electrons. The van der Waals surface area contributed by atoms with Crippen LogP contribution in [-0.2, 0) is 15.8 Å². The molecule has 1 aromatic carbocycles. The molecule has 0 aromatic heterocycles. The molecule has 0 aliphatic carbocycles. The maximum absolute atomic E-state index is 12.8. The second-order valence-electron chi connectivity index (χ2n) is 5.82. The van der Waals surface area contributed by atoms with E-state index in [9.17, 15) is 22.8 Å². The first-order valence-corrected chi connectivity index (χ1v) is 8.21. The zero-order chi connectivity index (χ0) is 18.3. The van der Waals surface area contributed by atoms with Crippen LogP contribution >= 0.6 is 0 Å². The molecule has 0 atom stereocenters. The van der Waals surface area contributed by atoms with Gasteiger partial charge in [0, 0.05) is 26.1 Å². The standard InChI is InChI=1S/C17H21F3N2O3/c18-17(19,20)13-6-2-3-7-14(13)25-12-15(23)21-9-8-16(24)22-10-4-1-5-11-22/h2-3,6-7H,1,4-5,8-12H2,(H,21,23). The number of amides is 2. The summed E-state index contributed by atoms with van der Waals surface area (Å²) >= 11 is 0. The minimum Gasteiger partial charge on any atom is -0.483 e. The van der Waals surface area contributed by atoms with Crippen LogP contribution in [0.25, 0.3) is 0 Å². The summed E-state index contributed by atoms with van der Waals surface area (Å²) in [4.78, 5) is 25.4. The molecule has 0 spiro atoms. The maximum atomic E-state index is 12.8. The first-order valence-electron chi connectivity index (χ1n) is 8.21. The number of piperidine rings is 1. The molecule has 1 fully saturated rings. The van der Waals surface area contributed by atoms with E-state index in [4.69, 9.17) is 4.74 Å². The number of para-hydroxylation sites is 1. The van der Waals surface area contributed by atoms with Gasteiger partial charge in [0.25, 0.3) is 5.91 Å². The summed E-state index contributed by atoms with van der Waals surface area (Å²) in [6.45, 7) is 1.08. The first-order chi connectivity index (χ1) is 11.9. The predicted octanol–water partition coefficient (Wildman–Crippen LogP) is 2.60. The van der Waals surface area contributed by atoms with Gasteiger partial charge in [0.15, 0.2) is 6.61 Å². The first kappa shape index (κ1) is 19.1. The number of likely N-dealkylation sites (tertiary alicyclic amines) is 1. The molecule has 1 aromatic rings. The van der Waals surface area contributed by atoms with Gasteiger partial charge in [0.1, 0.15) is 5.75 Å². The summed E-state index contributed by atoms with van der Waals surface area (Å²) in [5.41, 5.74) is -0.928. The Balaban J connectivity index is 1.73. The normalized spacial score (nSPS) is 14.9. The summed E-state index contributed by atoms with van der Waals surface area (Å²) in [5, 5.41) is 2.49. The molecular formula is C17H21F3N2O3. The van der Waals surface area contributed by atoms with Crippen molar-refractivity contribution in [1.29, 1.82) is 0 Å². The number of ether oxygens (including phenoxy) is 1. The number of hydrogen-bond acceptors (Lipinski definition) is 3. The van der Waals surface area contributed by atoms with Gasteiger partial charge in [0.05, 0.1) is 5.56 Å². The third-order valence-corrected chi connectivity index (χ3v) is 3.92. The second kappa shape index (κ2) is 8.73. The van der Waals surface area contributed by atoms with Crippen LogP contribution in [0.2, 0.25) is 0 Å². The molecule has 1 N–H and O–H groups in total. The third-order valence-electron chi connectivity index (χ3n) is 3.92. The number of nitrogens with one attached hydrogen (secondary N) is 1. The summed E-state index contributed by atoms with van der Waals surface area (Å²) < 4.78 is 43.4. The van der Waals surface area contributed by atoms with Gasteiger partial charge in [-0.15, -0.1) is 0 Å². The van der Waals surface area contributed by atoms with Crippen LogP contribution in [-0.4, -0.2) is 43.0 Å². The quantitative estimate of drug-likeness (QED) is 0.850. The highest BCUT2D eigenvalue weighted by atomic mass is 19.4. The molecule has 2 amide bonds. The maximum Gasteiger partial charge on any atom is 0.419 e. The number of rotatable bonds is 6. The van der Waals surface area contributed by atoms with Crippen molar-refractivity contribution in [2.75, 3.05) is 26.2 Å². The molecule has 5 nitrogen and oxygen atoms in total. The number of hydrogen-bond donors (Lipinski definition) is 1. The summed E-state index contributed by atoms with van der Waals surface area (Å²) in [7, 11) is 0. The molecule has 1 heterocycles. The van der Waals surface area contributed by atoms with E-state index in [1.165, 1.54) is 12.1 Å². The number of carbonyl (C=O) groups excluding carboxylic acids is 2. The number of alkyl halides is 3. The van der Waals surface area contributed by atoms with Crippen LogP contribution in [0.3, 0.4) is 0 Å². The fourth-order valence-electron chi connectivity index (χ4n) is 2.63. The topological polar surface area (TPSA) is 58.6 Å². The van der Waals surface area contributed by atoms with Crippen molar-refractivity contribution in [1.82, 2.24) is 10.2 Å². The number of benzene rings is 1. The Bertz CT molecular complexity index is 599. The van der Waals surface area contributed by atoms with Crippen molar-refractivity contribution in [3.8, 4) is 5.75 Å². The largest absolute Gasteiger partial charge is 0.483 e. The Kier molecular flexibility index (Phi) is 6.66. The molecule has 1 aliphatic heterocycles. The lowest BCUT2D eigenvalue weighted by atomic mass is 10.1. The van der Waals surface area contributed by atoms with Gasteiger partial charge in [-0.25, -0.2) is 0 Å². The van der Waals surface area contributed by atoms with Gasteiger partial charge in [0.2, 0.25) is 5.91 Å². The second-order valence-corrected chi connectivity index (χ2v) is 5.82. The molecule has 0 saturated carbocycles. The smallest absolute Gasteiger partial charge is 0.419 e. The van der Waals surface area contributed by atoms with Crippen LogP contribution in [0.1, 0.15) is 31.2 Å². The highest BCUT2D eigenvalue weighted by Crippen LogP contribution is 2.35. The molecular weight excluding hydrogens is 337 g/mol. The van der Waals surface area contributed by atoms with Crippen molar-refractivity contribution in [2.45, 2.75) is 31.9 Å². The Labute approximate surface area is 144 Å². The van der Waals surface area contributed by atoms with Crippen LogP contribution < -0.4 is 10.1 Å². The Morgan fingerprint density at radius 1 is 1.12 bits per heavy atom. The number of halogens is 3. The Hall–Kier alpha value is -2.25. The summed E-state index contributed by atoms with van der Waals surface area (Å²) in [6, 6.07) is 4.71. The molecule has 2 rings (SSSR count). The van der Waals surface area contributed by atoms with E-state index in [0.29, 0.717) is 0 Å². The van der Waals surface area contributed by atoms with Gasteiger partial charge < -0.3 is 15.0 Å². The van der Waals surface area contributed by atoms with E-state index in [0.717, 1.165) is 44.5 Å². The zero-order valence-corrected chi connectivity index (χ0v) is 13.8. The van der Waals surface area contributed by atoms with Crippen molar-refractivity contribution in [3.05, 3.63) is 29.8 Å². The van der Waals surface area contributed by atoms with Crippen LogP contribution in [0, 0.1) is 0 Å².